The number of rotatable bonds is 8. The molecule has 3 N–H and O–H groups in total. The minimum Gasteiger partial charge on any atom is -0.302 e. The monoisotopic (exact) mass is 373 g/mol. The standard InChI is InChI=1S/C18H23N5O2S/c1-3-14(21-12(2)9-10-13-7-5-4-6-8-13)26(25)17-15-16(19-11-20-17)23-18(24)22-15/h4-8,11-12,14,21H,3,9-10H2,1-2H3,(H2,19,20,22,23,24). The Balaban J connectivity index is 1.69. The van der Waals surface area contributed by atoms with Gasteiger partial charge in [-0.05, 0) is 31.7 Å². The van der Waals surface area contributed by atoms with Crippen molar-refractivity contribution in [2.75, 3.05) is 0 Å². The maximum Gasteiger partial charge on any atom is 0.325 e. The number of fused-ring (bicyclic) bond motifs is 1. The molecule has 0 bridgehead atoms. The molecule has 3 unspecified atom stereocenters. The molecule has 0 radical (unpaired) electrons. The zero-order valence-electron chi connectivity index (χ0n) is 14.9. The van der Waals surface area contributed by atoms with E-state index in [0.29, 0.717) is 22.6 Å². The van der Waals surface area contributed by atoms with E-state index in [0.717, 1.165) is 12.8 Å². The average molecular weight is 373 g/mol. The highest BCUT2D eigenvalue weighted by atomic mass is 32.2. The van der Waals surface area contributed by atoms with E-state index in [1.165, 1.54) is 11.9 Å². The molecular weight excluding hydrogens is 350 g/mol. The molecule has 0 saturated carbocycles. The fraction of sp³-hybridized carbons (Fsp3) is 0.389. The van der Waals surface area contributed by atoms with Crippen LogP contribution in [0.1, 0.15) is 32.3 Å². The van der Waals surface area contributed by atoms with Crippen molar-refractivity contribution in [3.63, 3.8) is 0 Å². The topological polar surface area (TPSA) is 104 Å². The van der Waals surface area contributed by atoms with Crippen LogP contribution in [0, 0.1) is 0 Å². The van der Waals surface area contributed by atoms with E-state index in [1.807, 2.05) is 25.1 Å². The molecule has 0 aliphatic carbocycles. The summed E-state index contributed by atoms with van der Waals surface area (Å²) in [6, 6.07) is 10.5. The number of H-pyrrole nitrogens is 2. The van der Waals surface area contributed by atoms with Crippen LogP contribution in [0.2, 0.25) is 0 Å². The molecule has 0 amide bonds. The first-order valence-electron chi connectivity index (χ1n) is 8.72. The lowest BCUT2D eigenvalue weighted by Gasteiger charge is -2.21. The molecule has 26 heavy (non-hydrogen) atoms. The lowest BCUT2D eigenvalue weighted by atomic mass is 10.1. The first-order valence-corrected chi connectivity index (χ1v) is 9.93. The number of aromatic nitrogens is 4. The molecule has 3 aromatic rings. The van der Waals surface area contributed by atoms with E-state index in [4.69, 9.17) is 0 Å². The lowest BCUT2D eigenvalue weighted by molar-refractivity contribution is 0.483. The Morgan fingerprint density at radius 1 is 1.19 bits per heavy atom. The van der Waals surface area contributed by atoms with Crippen molar-refractivity contribution in [1.29, 1.82) is 0 Å². The first-order chi connectivity index (χ1) is 12.6. The van der Waals surface area contributed by atoms with Gasteiger partial charge in [-0.15, -0.1) is 0 Å². The largest absolute Gasteiger partial charge is 0.325 e. The Bertz CT molecular complexity index is 937. The van der Waals surface area contributed by atoms with Gasteiger partial charge in [-0.1, -0.05) is 37.3 Å². The van der Waals surface area contributed by atoms with Gasteiger partial charge in [0.2, 0.25) is 0 Å². The van der Waals surface area contributed by atoms with Crippen LogP contribution in [0.25, 0.3) is 11.2 Å². The fourth-order valence-corrected chi connectivity index (χ4v) is 4.30. The van der Waals surface area contributed by atoms with Gasteiger partial charge in [-0.2, -0.15) is 0 Å². The maximum absolute atomic E-state index is 13.0. The zero-order valence-corrected chi connectivity index (χ0v) is 15.7. The minimum absolute atomic E-state index is 0.201. The number of nitrogens with zero attached hydrogens (tertiary/aromatic N) is 2. The second-order valence-electron chi connectivity index (χ2n) is 6.27. The third kappa shape index (κ3) is 4.25. The average Bonchev–Trinajstić information content (AvgIpc) is 3.04. The SMILES string of the molecule is CCC(NC(C)CCc1ccccc1)S(=O)c1ncnc2[nH]c(=O)[nH]c12. The highest BCUT2D eigenvalue weighted by molar-refractivity contribution is 7.85. The van der Waals surface area contributed by atoms with Gasteiger partial charge in [0.1, 0.15) is 11.8 Å². The number of nitrogens with one attached hydrogen (secondary N) is 3. The lowest BCUT2D eigenvalue weighted by Crippen LogP contribution is -2.39. The number of aromatic amines is 2. The predicted octanol–water partition coefficient (Wildman–Crippen LogP) is 2.10. The summed E-state index contributed by atoms with van der Waals surface area (Å²) in [5, 5.41) is 3.54. The van der Waals surface area contributed by atoms with Gasteiger partial charge in [-0.3, -0.25) is 9.19 Å². The Kier molecular flexibility index (Phi) is 5.95. The summed E-state index contributed by atoms with van der Waals surface area (Å²) in [6.45, 7) is 4.08. The normalized spacial score (nSPS) is 15.0. The Morgan fingerprint density at radius 3 is 2.69 bits per heavy atom. The third-order valence-electron chi connectivity index (χ3n) is 4.28. The number of benzene rings is 1. The molecule has 3 rings (SSSR count). The molecule has 8 heteroatoms. The summed E-state index contributed by atoms with van der Waals surface area (Å²) in [5.74, 6) is 0. The van der Waals surface area contributed by atoms with E-state index in [2.05, 4.69) is 44.3 Å². The second kappa shape index (κ2) is 8.37. The minimum atomic E-state index is -1.40. The molecule has 138 valence electrons. The summed E-state index contributed by atoms with van der Waals surface area (Å²) in [6.07, 6.45) is 3.91. The van der Waals surface area contributed by atoms with Crippen molar-refractivity contribution in [2.45, 2.75) is 49.6 Å². The second-order valence-corrected chi connectivity index (χ2v) is 7.82. The number of hydrogen-bond donors (Lipinski definition) is 3. The van der Waals surface area contributed by atoms with Crippen LogP contribution in [-0.2, 0) is 17.2 Å². The summed E-state index contributed by atoms with van der Waals surface area (Å²) in [7, 11) is -1.40. The molecular formula is C18H23N5O2S. The van der Waals surface area contributed by atoms with Crippen molar-refractivity contribution in [3.8, 4) is 0 Å². The Labute approximate surface area is 154 Å². The van der Waals surface area contributed by atoms with Crippen molar-refractivity contribution in [3.05, 3.63) is 52.7 Å². The number of aryl methyl sites for hydroxylation is 1. The van der Waals surface area contributed by atoms with Gasteiger partial charge >= 0.3 is 5.69 Å². The van der Waals surface area contributed by atoms with Crippen LogP contribution >= 0.6 is 0 Å². The van der Waals surface area contributed by atoms with Gasteiger partial charge in [0, 0.05) is 6.04 Å². The van der Waals surface area contributed by atoms with Crippen molar-refractivity contribution in [2.24, 2.45) is 0 Å². The van der Waals surface area contributed by atoms with Crippen LogP contribution in [0.3, 0.4) is 0 Å². The molecule has 0 saturated heterocycles. The molecule has 2 aromatic heterocycles. The van der Waals surface area contributed by atoms with E-state index < -0.39 is 10.8 Å². The molecule has 0 spiro atoms. The summed E-state index contributed by atoms with van der Waals surface area (Å²) in [5.41, 5.74) is 1.70. The molecule has 0 aliphatic rings. The quantitative estimate of drug-likeness (QED) is 0.525. The van der Waals surface area contributed by atoms with E-state index in [-0.39, 0.29) is 17.1 Å². The van der Waals surface area contributed by atoms with E-state index >= 15 is 0 Å². The Hall–Kier alpha value is -2.32. The summed E-state index contributed by atoms with van der Waals surface area (Å²) in [4.78, 5) is 24.9. The van der Waals surface area contributed by atoms with E-state index in [1.54, 1.807) is 0 Å². The molecule has 2 heterocycles. The molecule has 3 atom stereocenters. The van der Waals surface area contributed by atoms with Gasteiger partial charge in [0.25, 0.3) is 0 Å². The third-order valence-corrected chi connectivity index (χ3v) is 5.96. The number of imidazole rings is 1. The predicted molar refractivity (Wildman–Crippen MR) is 102 cm³/mol. The molecule has 0 fully saturated rings. The van der Waals surface area contributed by atoms with Gasteiger partial charge in [0.15, 0.2) is 10.7 Å². The maximum atomic E-state index is 13.0. The van der Waals surface area contributed by atoms with E-state index in [9.17, 15) is 9.00 Å². The first kappa shape index (κ1) is 18.5. The summed E-state index contributed by atoms with van der Waals surface area (Å²) < 4.78 is 13.0. The van der Waals surface area contributed by atoms with Crippen molar-refractivity contribution in [1.82, 2.24) is 25.3 Å². The smallest absolute Gasteiger partial charge is 0.302 e. The van der Waals surface area contributed by atoms with Gasteiger partial charge < -0.3 is 10.3 Å². The fourth-order valence-electron chi connectivity index (χ4n) is 2.88. The Morgan fingerprint density at radius 2 is 1.96 bits per heavy atom. The highest BCUT2D eigenvalue weighted by Crippen LogP contribution is 2.17. The molecule has 0 aliphatic heterocycles. The van der Waals surface area contributed by atoms with Crippen LogP contribution in [0.15, 0.2) is 46.5 Å². The van der Waals surface area contributed by atoms with Crippen LogP contribution in [0.5, 0.6) is 0 Å². The van der Waals surface area contributed by atoms with Crippen LogP contribution in [0.4, 0.5) is 0 Å². The highest BCUT2D eigenvalue weighted by Gasteiger charge is 2.23. The summed E-state index contributed by atoms with van der Waals surface area (Å²) >= 11 is 0. The van der Waals surface area contributed by atoms with Crippen LogP contribution in [-0.4, -0.2) is 35.6 Å². The van der Waals surface area contributed by atoms with Crippen molar-refractivity contribution < 1.29 is 4.21 Å². The molecule has 1 aromatic carbocycles. The number of hydrogen-bond acceptors (Lipinski definition) is 5. The molecule has 7 nitrogen and oxygen atoms in total. The van der Waals surface area contributed by atoms with Gasteiger partial charge in [-0.25, -0.2) is 14.8 Å². The van der Waals surface area contributed by atoms with Crippen molar-refractivity contribution >= 4 is 22.0 Å². The van der Waals surface area contributed by atoms with Crippen LogP contribution < -0.4 is 11.0 Å². The zero-order chi connectivity index (χ0) is 18.5. The van der Waals surface area contributed by atoms with Gasteiger partial charge in [0.05, 0.1) is 16.2 Å².